The molecule has 0 spiro atoms. The summed E-state index contributed by atoms with van der Waals surface area (Å²) in [5, 5.41) is 0. The van der Waals surface area contributed by atoms with Crippen LogP contribution in [-0.4, -0.2) is 50.3 Å². The molecule has 1 aliphatic rings. The Hall–Kier alpha value is -1.96. The van der Waals surface area contributed by atoms with Crippen molar-refractivity contribution in [3.8, 4) is 5.88 Å². The van der Waals surface area contributed by atoms with Gasteiger partial charge in [0.1, 0.15) is 0 Å². The topological polar surface area (TPSA) is 71.5 Å². The second-order valence-corrected chi connectivity index (χ2v) is 9.16. The molecule has 0 saturated carbocycles. The van der Waals surface area contributed by atoms with E-state index in [1.165, 1.54) is 11.8 Å². The number of aromatic nitrogens is 1. The van der Waals surface area contributed by atoms with Gasteiger partial charge >= 0.3 is 0 Å². The van der Waals surface area contributed by atoms with E-state index in [1.54, 1.807) is 0 Å². The second kappa shape index (κ2) is 10.0. The third-order valence-electron chi connectivity index (χ3n) is 4.87. The van der Waals surface area contributed by atoms with Crippen LogP contribution in [0.15, 0.2) is 48.7 Å². The minimum atomic E-state index is -3.12. The number of pyridine rings is 1. The van der Waals surface area contributed by atoms with Gasteiger partial charge in [0.05, 0.1) is 12.9 Å². The van der Waals surface area contributed by atoms with Gasteiger partial charge in [-0.25, -0.2) is 18.1 Å². The molecule has 2 heterocycles. The number of benzene rings is 1. The third-order valence-corrected chi connectivity index (χ3v) is 5.64. The molecular formula is C21H29N3O3S. The van der Waals surface area contributed by atoms with E-state index in [0.29, 0.717) is 12.5 Å². The molecule has 0 radical (unpaired) electrons. The fourth-order valence-corrected chi connectivity index (χ4v) is 4.30. The fraction of sp³-hybridized carbons (Fsp3) is 0.476. The number of ether oxygens (including phenoxy) is 1. The summed E-state index contributed by atoms with van der Waals surface area (Å²) in [5.41, 5.74) is 2.47. The van der Waals surface area contributed by atoms with Crippen LogP contribution in [0.1, 0.15) is 30.4 Å². The van der Waals surface area contributed by atoms with Gasteiger partial charge in [0.2, 0.25) is 15.9 Å². The maximum atomic E-state index is 11.3. The quantitative estimate of drug-likeness (QED) is 0.652. The molecule has 1 saturated heterocycles. The SMILES string of the molecule is CS(=O)(=O)NC1CCN(Cc2ccc(OCCCc3ccccc3)nc2)CC1. The summed E-state index contributed by atoms with van der Waals surface area (Å²) in [6.45, 7) is 3.24. The number of rotatable bonds is 9. The summed E-state index contributed by atoms with van der Waals surface area (Å²) in [7, 11) is -3.12. The molecule has 0 atom stereocenters. The first-order chi connectivity index (χ1) is 13.5. The maximum absolute atomic E-state index is 11.3. The number of aryl methyl sites for hydroxylation is 1. The molecule has 1 aliphatic heterocycles. The fourth-order valence-electron chi connectivity index (χ4n) is 3.46. The van der Waals surface area contributed by atoms with E-state index in [-0.39, 0.29) is 6.04 Å². The van der Waals surface area contributed by atoms with Crippen LogP contribution in [0.25, 0.3) is 0 Å². The molecule has 0 bridgehead atoms. The van der Waals surface area contributed by atoms with Crippen LogP contribution in [0.3, 0.4) is 0 Å². The molecule has 152 valence electrons. The number of hydrogen-bond acceptors (Lipinski definition) is 5. The molecule has 7 heteroatoms. The Morgan fingerprint density at radius 1 is 1.11 bits per heavy atom. The number of piperidine rings is 1. The standard InChI is InChI=1S/C21H29N3O3S/c1-28(25,26)23-20-11-13-24(14-12-20)17-19-9-10-21(22-16-19)27-15-5-8-18-6-3-2-4-7-18/h2-4,6-7,9-10,16,20,23H,5,8,11-15,17H2,1H3. The lowest BCUT2D eigenvalue weighted by molar-refractivity contribution is 0.199. The van der Waals surface area contributed by atoms with Crippen molar-refractivity contribution in [2.75, 3.05) is 26.0 Å². The van der Waals surface area contributed by atoms with E-state index in [1.807, 2.05) is 18.3 Å². The molecule has 1 fully saturated rings. The summed E-state index contributed by atoms with van der Waals surface area (Å²) < 4.78 is 31.1. The first-order valence-corrected chi connectivity index (χ1v) is 11.7. The first kappa shape index (κ1) is 20.8. The zero-order chi connectivity index (χ0) is 19.8. The molecule has 28 heavy (non-hydrogen) atoms. The molecular weight excluding hydrogens is 374 g/mol. The van der Waals surface area contributed by atoms with Crippen molar-refractivity contribution in [3.63, 3.8) is 0 Å². The van der Waals surface area contributed by atoms with E-state index in [9.17, 15) is 8.42 Å². The van der Waals surface area contributed by atoms with Crippen molar-refractivity contribution < 1.29 is 13.2 Å². The number of sulfonamides is 1. The van der Waals surface area contributed by atoms with Crippen LogP contribution in [0.4, 0.5) is 0 Å². The van der Waals surface area contributed by atoms with Crippen molar-refractivity contribution in [3.05, 3.63) is 59.8 Å². The van der Waals surface area contributed by atoms with Gasteiger partial charge < -0.3 is 4.74 Å². The third kappa shape index (κ3) is 7.22. The van der Waals surface area contributed by atoms with Gasteiger partial charge in [-0.3, -0.25) is 4.90 Å². The summed E-state index contributed by atoms with van der Waals surface area (Å²) in [6.07, 6.45) is 6.73. The van der Waals surface area contributed by atoms with E-state index in [4.69, 9.17) is 4.74 Å². The van der Waals surface area contributed by atoms with E-state index in [2.05, 4.69) is 44.9 Å². The van der Waals surface area contributed by atoms with Gasteiger partial charge in [-0.2, -0.15) is 0 Å². The second-order valence-electron chi connectivity index (χ2n) is 7.38. The Kier molecular flexibility index (Phi) is 7.42. The largest absolute Gasteiger partial charge is 0.478 e. The van der Waals surface area contributed by atoms with Crippen LogP contribution in [-0.2, 0) is 23.0 Å². The van der Waals surface area contributed by atoms with E-state index < -0.39 is 10.0 Å². The van der Waals surface area contributed by atoms with Gasteiger partial charge in [-0.15, -0.1) is 0 Å². The Balaban J connectivity index is 1.36. The maximum Gasteiger partial charge on any atom is 0.213 e. The molecule has 3 rings (SSSR count). The lowest BCUT2D eigenvalue weighted by Gasteiger charge is -2.31. The Bertz CT molecular complexity index is 818. The highest BCUT2D eigenvalue weighted by molar-refractivity contribution is 7.88. The van der Waals surface area contributed by atoms with Gasteiger partial charge in [0.25, 0.3) is 0 Å². The summed E-state index contributed by atoms with van der Waals surface area (Å²) in [4.78, 5) is 6.74. The predicted octanol–water partition coefficient (Wildman–Crippen LogP) is 2.61. The molecule has 0 aliphatic carbocycles. The minimum Gasteiger partial charge on any atom is -0.478 e. The average Bonchev–Trinajstić information content (AvgIpc) is 2.68. The highest BCUT2D eigenvalue weighted by atomic mass is 32.2. The van der Waals surface area contributed by atoms with Crippen molar-refractivity contribution in [1.82, 2.24) is 14.6 Å². The molecule has 1 aromatic carbocycles. The number of hydrogen-bond donors (Lipinski definition) is 1. The lowest BCUT2D eigenvalue weighted by atomic mass is 10.1. The van der Waals surface area contributed by atoms with Gasteiger partial charge in [-0.05, 0) is 36.8 Å². The van der Waals surface area contributed by atoms with Crippen LogP contribution >= 0.6 is 0 Å². The summed E-state index contributed by atoms with van der Waals surface area (Å²) in [6, 6.07) is 14.4. The van der Waals surface area contributed by atoms with Gasteiger partial charge in [0.15, 0.2) is 0 Å². The number of nitrogens with zero attached hydrogens (tertiary/aromatic N) is 2. The molecule has 1 aromatic heterocycles. The molecule has 6 nitrogen and oxygen atoms in total. The Labute approximate surface area is 168 Å². The predicted molar refractivity (Wildman–Crippen MR) is 111 cm³/mol. The van der Waals surface area contributed by atoms with Gasteiger partial charge in [-0.1, -0.05) is 36.4 Å². The molecule has 1 N–H and O–H groups in total. The molecule has 0 amide bonds. The zero-order valence-electron chi connectivity index (χ0n) is 16.4. The van der Waals surface area contributed by atoms with Crippen molar-refractivity contribution >= 4 is 10.0 Å². The summed E-state index contributed by atoms with van der Waals surface area (Å²) >= 11 is 0. The van der Waals surface area contributed by atoms with E-state index in [0.717, 1.165) is 50.9 Å². The summed E-state index contributed by atoms with van der Waals surface area (Å²) in [5.74, 6) is 0.660. The van der Waals surface area contributed by atoms with Crippen molar-refractivity contribution in [1.29, 1.82) is 0 Å². The lowest BCUT2D eigenvalue weighted by Crippen LogP contribution is -2.43. The molecule has 2 aromatic rings. The van der Waals surface area contributed by atoms with Crippen LogP contribution in [0.2, 0.25) is 0 Å². The van der Waals surface area contributed by atoms with Crippen LogP contribution < -0.4 is 9.46 Å². The Morgan fingerprint density at radius 3 is 2.50 bits per heavy atom. The first-order valence-electron chi connectivity index (χ1n) is 9.79. The normalized spacial score (nSPS) is 16.2. The van der Waals surface area contributed by atoms with E-state index >= 15 is 0 Å². The monoisotopic (exact) mass is 403 g/mol. The molecule has 0 unspecified atom stereocenters. The Morgan fingerprint density at radius 2 is 1.86 bits per heavy atom. The van der Waals surface area contributed by atoms with Gasteiger partial charge in [0, 0.05) is 37.9 Å². The van der Waals surface area contributed by atoms with Crippen molar-refractivity contribution in [2.45, 2.75) is 38.3 Å². The smallest absolute Gasteiger partial charge is 0.213 e. The highest BCUT2D eigenvalue weighted by Gasteiger charge is 2.21. The zero-order valence-corrected chi connectivity index (χ0v) is 17.2. The van der Waals surface area contributed by atoms with Crippen LogP contribution in [0, 0.1) is 0 Å². The number of likely N-dealkylation sites (tertiary alicyclic amines) is 1. The highest BCUT2D eigenvalue weighted by Crippen LogP contribution is 2.16. The minimum absolute atomic E-state index is 0.0519. The van der Waals surface area contributed by atoms with Crippen LogP contribution in [0.5, 0.6) is 5.88 Å². The average molecular weight is 404 g/mol. The van der Waals surface area contributed by atoms with Crippen molar-refractivity contribution in [2.24, 2.45) is 0 Å². The number of nitrogens with one attached hydrogen (secondary N) is 1.